The zero-order valence-corrected chi connectivity index (χ0v) is 20.5. The molecule has 3 unspecified atom stereocenters. The Morgan fingerprint density at radius 2 is 1.06 bits per heavy atom. The van der Waals surface area contributed by atoms with E-state index in [2.05, 4.69) is 4.98 Å². The summed E-state index contributed by atoms with van der Waals surface area (Å²) in [6.07, 6.45) is 0. The third kappa shape index (κ3) is 8.39. The van der Waals surface area contributed by atoms with E-state index in [0.717, 1.165) is 0 Å². The van der Waals surface area contributed by atoms with Gasteiger partial charge in [-0.15, -0.1) is 0 Å². The topological polar surface area (TPSA) is 204 Å². The summed E-state index contributed by atoms with van der Waals surface area (Å²) in [4.78, 5) is 43.1. The van der Waals surface area contributed by atoms with Crippen molar-refractivity contribution in [1.82, 2.24) is 19.7 Å². The second kappa shape index (κ2) is 14.9. The van der Waals surface area contributed by atoms with Crippen LogP contribution >= 0.6 is 0 Å². The third-order valence-corrected chi connectivity index (χ3v) is 5.60. The van der Waals surface area contributed by atoms with E-state index in [4.69, 9.17) is 0 Å². The molecule has 14 heteroatoms. The number of rotatable bonds is 9. The molecule has 2 rings (SSSR count). The number of carboxylic acid groups (broad SMARTS) is 3. The molecular weight excluding hydrogens is 597 g/mol. The minimum absolute atomic E-state index is 0. The molecule has 2 heterocycles. The van der Waals surface area contributed by atoms with E-state index in [9.17, 15) is 45.0 Å². The van der Waals surface area contributed by atoms with Crippen LogP contribution in [0.5, 0.6) is 0 Å². The number of carbonyl (C=O) groups is 3. The number of hydrogen-bond donors (Lipinski definition) is 3. The summed E-state index contributed by atoms with van der Waals surface area (Å²) in [6.45, 7) is -2.56. The van der Waals surface area contributed by atoms with Gasteiger partial charge in [-0.2, -0.15) is 0 Å². The Balaban J connectivity index is 0.00000578. The molecule has 1 aliphatic rings. The van der Waals surface area contributed by atoms with E-state index in [1.807, 2.05) is 0 Å². The Morgan fingerprint density at radius 3 is 1.38 bits per heavy atom. The molecule has 1 aromatic rings. The van der Waals surface area contributed by atoms with Gasteiger partial charge in [0.05, 0.1) is 67.2 Å². The molecule has 3 atom stereocenters. The standard InChI is InChI=1S/C20H30N4O9.Gd/c25-10-15(18(28)29)22-4-6-23(16(11-26)19(30)31)8-13-2-1-3-14(21-13)9-24(7-5-22)17(12-27)20(32)33;/h1-3,15-17,25-27H,4-12H2,(H,28,29)(H,30,31)(H,32,33);/p-3. The van der Waals surface area contributed by atoms with Crippen molar-refractivity contribution in [3.63, 3.8) is 0 Å². The van der Waals surface area contributed by atoms with E-state index in [-0.39, 0.29) is 79.2 Å². The molecule has 0 amide bonds. The molecule has 0 saturated heterocycles. The van der Waals surface area contributed by atoms with E-state index in [0.29, 0.717) is 11.4 Å². The fraction of sp³-hybridized carbons (Fsp3) is 0.600. The maximum atomic E-state index is 11.6. The van der Waals surface area contributed by atoms with Crippen LogP contribution in [0.15, 0.2) is 18.2 Å². The molecule has 3 N–H and O–H groups in total. The molecular formula is C20H27GdN4O9-3. The van der Waals surface area contributed by atoms with Crippen molar-refractivity contribution in [2.45, 2.75) is 31.2 Å². The van der Waals surface area contributed by atoms with Gasteiger partial charge >= 0.3 is 0 Å². The number of aromatic nitrogens is 1. The maximum absolute atomic E-state index is 11.6. The average molecular weight is 625 g/mol. The van der Waals surface area contributed by atoms with Gasteiger partial charge < -0.3 is 45.0 Å². The summed E-state index contributed by atoms with van der Waals surface area (Å²) in [6, 6.07) is 0.679. The van der Waals surface area contributed by atoms with Gasteiger partial charge in [-0.1, -0.05) is 6.07 Å². The fourth-order valence-electron chi connectivity index (χ4n) is 3.77. The summed E-state index contributed by atoms with van der Waals surface area (Å²) < 4.78 is 0. The van der Waals surface area contributed by atoms with Gasteiger partial charge in [-0.25, -0.2) is 0 Å². The van der Waals surface area contributed by atoms with Crippen LogP contribution < -0.4 is 15.3 Å². The Kier molecular flexibility index (Phi) is 13.5. The summed E-state index contributed by atoms with van der Waals surface area (Å²) in [5, 5.41) is 63.3. The minimum Gasteiger partial charge on any atom is -0.548 e. The van der Waals surface area contributed by atoms with E-state index in [1.54, 1.807) is 18.2 Å². The summed E-state index contributed by atoms with van der Waals surface area (Å²) in [7, 11) is 0. The van der Waals surface area contributed by atoms with Gasteiger partial charge in [0.15, 0.2) is 0 Å². The monoisotopic (exact) mass is 625 g/mol. The second-order valence-electron chi connectivity index (χ2n) is 7.65. The molecule has 0 radical (unpaired) electrons. The van der Waals surface area contributed by atoms with Crippen LogP contribution in [0.2, 0.25) is 0 Å². The molecule has 2 bridgehead atoms. The summed E-state index contributed by atoms with van der Waals surface area (Å²) in [5.41, 5.74) is 0.846. The van der Waals surface area contributed by atoms with Gasteiger partial charge in [0.2, 0.25) is 0 Å². The number of fused-ring (bicyclic) bond motifs is 2. The fourth-order valence-corrected chi connectivity index (χ4v) is 3.77. The van der Waals surface area contributed by atoms with Crippen molar-refractivity contribution in [3.8, 4) is 0 Å². The zero-order valence-electron chi connectivity index (χ0n) is 18.3. The number of hydrogen-bond acceptors (Lipinski definition) is 13. The van der Waals surface area contributed by atoms with Crippen molar-refractivity contribution >= 4 is 17.9 Å². The van der Waals surface area contributed by atoms with Crippen LogP contribution in [0, 0.1) is 39.9 Å². The predicted molar refractivity (Wildman–Crippen MR) is 104 cm³/mol. The Hall–Kier alpha value is -1.36. The van der Waals surface area contributed by atoms with E-state index < -0.39 is 55.9 Å². The van der Waals surface area contributed by atoms with Gasteiger partial charge in [0.1, 0.15) is 0 Å². The Labute approximate surface area is 228 Å². The van der Waals surface area contributed by atoms with Crippen molar-refractivity contribution in [1.29, 1.82) is 0 Å². The number of nitrogens with zero attached hydrogens (tertiary/aromatic N) is 4. The SMILES string of the molecule is O=C([O-])C(CO)N1CCN(C(CO)C(=O)[O-])Cc2cccc(n2)CN(C(CO)C(=O)[O-])CC1.[Gd]. The number of aliphatic hydroxyl groups is 3. The Morgan fingerprint density at radius 1 is 0.735 bits per heavy atom. The third-order valence-electron chi connectivity index (χ3n) is 5.60. The molecule has 1 aromatic heterocycles. The number of aliphatic hydroxyl groups excluding tert-OH is 3. The van der Waals surface area contributed by atoms with Gasteiger partial charge in [-0.3, -0.25) is 19.7 Å². The quantitative estimate of drug-likeness (QED) is 0.234. The first kappa shape index (κ1) is 30.7. The summed E-state index contributed by atoms with van der Waals surface area (Å²) >= 11 is 0. The molecule has 192 valence electrons. The van der Waals surface area contributed by atoms with Crippen molar-refractivity contribution in [2.75, 3.05) is 46.0 Å². The summed E-state index contributed by atoms with van der Waals surface area (Å²) in [5.74, 6) is -4.60. The van der Waals surface area contributed by atoms with Crippen molar-refractivity contribution < 1.29 is 85.0 Å². The van der Waals surface area contributed by atoms with Crippen molar-refractivity contribution in [3.05, 3.63) is 29.6 Å². The molecule has 13 nitrogen and oxygen atoms in total. The number of carbonyl (C=O) groups excluding carboxylic acids is 3. The zero-order chi connectivity index (χ0) is 24.5. The van der Waals surface area contributed by atoms with Gasteiger partial charge in [-0.05, 0) is 12.1 Å². The number of pyridine rings is 1. The molecule has 0 spiro atoms. The normalized spacial score (nSPS) is 19.0. The average Bonchev–Trinajstić information content (AvgIpc) is 2.74. The first-order chi connectivity index (χ1) is 15.7. The number of carboxylic acids is 3. The van der Waals surface area contributed by atoms with Gasteiger partial charge in [0, 0.05) is 79.2 Å². The second-order valence-corrected chi connectivity index (χ2v) is 7.65. The molecule has 34 heavy (non-hydrogen) atoms. The molecule has 0 saturated carbocycles. The molecule has 0 aromatic carbocycles. The van der Waals surface area contributed by atoms with E-state index in [1.165, 1.54) is 14.7 Å². The molecule has 1 aliphatic heterocycles. The van der Waals surface area contributed by atoms with Crippen LogP contribution in [-0.4, -0.2) is 117 Å². The van der Waals surface area contributed by atoms with Crippen molar-refractivity contribution in [2.24, 2.45) is 0 Å². The van der Waals surface area contributed by atoms with Crippen LogP contribution in [-0.2, 0) is 27.5 Å². The predicted octanol–water partition coefficient (Wildman–Crippen LogP) is -6.67. The van der Waals surface area contributed by atoms with E-state index >= 15 is 0 Å². The largest absolute Gasteiger partial charge is 0.548 e. The maximum Gasteiger partial charge on any atom is 0.0731 e. The minimum atomic E-state index is -1.56. The van der Waals surface area contributed by atoms with Crippen LogP contribution in [0.4, 0.5) is 0 Å². The smallest absolute Gasteiger partial charge is 0.0731 e. The van der Waals surface area contributed by atoms with Crippen LogP contribution in [0.1, 0.15) is 11.4 Å². The molecule has 0 fully saturated rings. The first-order valence-corrected chi connectivity index (χ1v) is 10.3. The molecule has 0 aliphatic carbocycles. The number of aliphatic carboxylic acids is 3. The Bertz CT molecular complexity index is 780. The van der Waals surface area contributed by atoms with Crippen LogP contribution in [0.3, 0.4) is 0 Å². The first-order valence-electron chi connectivity index (χ1n) is 10.3. The van der Waals surface area contributed by atoms with Crippen LogP contribution in [0.25, 0.3) is 0 Å². The van der Waals surface area contributed by atoms with Gasteiger partial charge in [0.25, 0.3) is 0 Å².